The Morgan fingerprint density at radius 2 is 2.00 bits per heavy atom. The molecule has 4 amide bonds. The van der Waals surface area contributed by atoms with Gasteiger partial charge in [0.2, 0.25) is 17.7 Å². The van der Waals surface area contributed by atoms with Gasteiger partial charge in [-0.2, -0.15) is 8.78 Å². The maximum absolute atomic E-state index is 13.0. The number of alkyl halides is 2. The van der Waals surface area contributed by atoms with Gasteiger partial charge in [0.1, 0.15) is 5.70 Å². The van der Waals surface area contributed by atoms with Gasteiger partial charge in [-0.1, -0.05) is 6.92 Å². The monoisotopic (exact) mass is 558 g/mol. The number of likely N-dealkylation sites (tertiary alicyclic amines) is 1. The average molecular weight is 559 g/mol. The van der Waals surface area contributed by atoms with Gasteiger partial charge in [-0.3, -0.25) is 19.2 Å². The first-order valence-corrected chi connectivity index (χ1v) is 13.4. The van der Waals surface area contributed by atoms with Crippen LogP contribution in [0.4, 0.5) is 8.78 Å². The number of fused-ring (bicyclic) bond motifs is 1. The first-order chi connectivity index (χ1) is 17.9. The quantitative estimate of drug-likeness (QED) is 0.204. The van der Waals surface area contributed by atoms with Crippen LogP contribution in [0.3, 0.4) is 0 Å². The van der Waals surface area contributed by atoms with Crippen LogP contribution in [0.25, 0.3) is 0 Å². The zero-order valence-corrected chi connectivity index (χ0v) is 21.8. The minimum Gasteiger partial charge on any atom is -0.477 e. The molecule has 0 aromatic heterocycles. The van der Waals surface area contributed by atoms with Crippen molar-refractivity contribution in [1.82, 2.24) is 25.8 Å². The number of aliphatic carboxylic acids is 1. The van der Waals surface area contributed by atoms with E-state index in [1.165, 1.54) is 23.6 Å². The van der Waals surface area contributed by atoms with Crippen LogP contribution in [-0.2, 0) is 24.0 Å². The molecule has 7 atom stereocenters. The van der Waals surface area contributed by atoms with Crippen LogP contribution in [0.15, 0.2) is 10.6 Å². The molecule has 38 heavy (non-hydrogen) atoms. The zero-order valence-electron chi connectivity index (χ0n) is 21.0. The van der Waals surface area contributed by atoms with E-state index in [-0.39, 0.29) is 35.4 Å². The summed E-state index contributed by atoms with van der Waals surface area (Å²) in [5, 5.41) is 18.2. The van der Waals surface area contributed by atoms with Crippen molar-refractivity contribution in [1.29, 1.82) is 0 Å². The number of β-lactam (4-membered cyclic amide) rings is 1. The van der Waals surface area contributed by atoms with Crippen molar-refractivity contribution in [2.45, 2.75) is 62.5 Å². The summed E-state index contributed by atoms with van der Waals surface area (Å²) in [6.07, 6.45) is -2.04. The van der Waals surface area contributed by atoms with E-state index >= 15 is 0 Å². The SMILES string of the molecule is CC(NC(=O)C(F)F)[C@H]1C(=O)N2C(C(=O)O)=C(S[C@@H]3CN[C@H](C(=O)N4CC[C@@H](NCC(N)=O)C4)C3)[C@H](C)[C@H]12. The van der Waals surface area contributed by atoms with Crippen molar-refractivity contribution in [3.05, 3.63) is 10.6 Å². The number of primary amides is 1. The van der Waals surface area contributed by atoms with Gasteiger partial charge in [0.25, 0.3) is 5.91 Å². The molecule has 6 N–H and O–H groups in total. The third kappa shape index (κ3) is 5.36. The lowest BCUT2D eigenvalue weighted by molar-refractivity contribution is -0.159. The number of carbonyl (C=O) groups excluding carboxylic acids is 4. The second-order valence-electron chi connectivity index (χ2n) is 10.2. The summed E-state index contributed by atoms with van der Waals surface area (Å²) in [7, 11) is 0. The molecule has 210 valence electrons. The van der Waals surface area contributed by atoms with Gasteiger partial charge in [0, 0.05) is 47.8 Å². The molecule has 0 aliphatic carbocycles. The second-order valence-corrected chi connectivity index (χ2v) is 11.5. The molecule has 3 fully saturated rings. The molecule has 0 radical (unpaired) electrons. The number of carboxylic acids is 1. The molecule has 0 aromatic rings. The van der Waals surface area contributed by atoms with Gasteiger partial charge >= 0.3 is 12.4 Å². The fourth-order valence-corrected chi connectivity index (χ4v) is 7.31. The number of halogens is 2. The van der Waals surface area contributed by atoms with Crippen LogP contribution in [0, 0.1) is 11.8 Å². The number of nitrogens with two attached hydrogens (primary N) is 1. The van der Waals surface area contributed by atoms with Crippen molar-refractivity contribution >= 4 is 41.4 Å². The summed E-state index contributed by atoms with van der Waals surface area (Å²) in [5.41, 5.74) is 5.04. The summed E-state index contributed by atoms with van der Waals surface area (Å²) >= 11 is 1.32. The topological polar surface area (TPSA) is 174 Å². The van der Waals surface area contributed by atoms with Gasteiger partial charge in [0.15, 0.2) is 0 Å². The summed E-state index contributed by atoms with van der Waals surface area (Å²) in [6, 6.07) is -1.90. The predicted molar refractivity (Wildman–Crippen MR) is 132 cm³/mol. The normalized spacial score (nSPS) is 31.4. The predicted octanol–water partition coefficient (Wildman–Crippen LogP) is -1.33. The van der Waals surface area contributed by atoms with Crippen LogP contribution in [0.2, 0.25) is 0 Å². The molecule has 0 bridgehead atoms. The van der Waals surface area contributed by atoms with E-state index in [2.05, 4.69) is 16.0 Å². The van der Waals surface area contributed by atoms with E-state index in [4.69, 9.17) is 5.73 Å². The van der Waals surface area contributed by atoms with Gasteiger partial charge in [-0.15, -0.1) is 11.8 Å². The standard InChI is InChI=1S/C23H32F2N6O6S/c1-9-16-15(10(2)29-20(33)19(24)25)22(35)31(16)17(23(36)37)18(9)38-12-5-13(28-6-12)21(34)30-4-3-11(8-30)27-7-14(26)32/h9-13,15-16,19,27-28H,3-8H2,1-2H3,(H2,26,32)(H,29,33)(H,36,37)/t9-,10?,11-,12+,13+,15-,16-/m1/s1. The van der Waals surface area contributed by atoms with Crippen molar-refractivity contribution < 1.29 is 37.9 Å². The molecule has 4 aliphatic heterocycles. The minimum atomic E-state index is -3.22. The highest BCUT2D eigenvalue weighted by Crippen LogP contribution is 2.51. The first-order valence-electron chi connectivity index (χ1n) is 12.5. The Kier molecular flexibility index (Phi) is 8.28. The van der Waals surface area contributed by atoms with E-state index in [1.54, 1.807) is 11.8 Å². The van der Waals surface area contributed by atoms with E-state index in [0.717, 1.165) is 0 Å². The number of nitrogens with one attached hydrogen (secondary N) is 3. The summed E-state index contributed by atoms with van der Waals surface area (Å²) < 4.78 is 25.4. The van der Waals surface area contributed by atoms with Crippen molar-refractivity contribution in [2.24, 2.45) is 17.6 Å². The molecule has 15 heteroatoms. The number of nitrogens with zero attached hydrogens (tertiary/aromatic N) is 2. The highest BCUT2D eigenvalue weighted by molar-refractivity contribution is 8.03. The highest BCUT2D eigenvalue weighted by Gasteiger charge is 2.60. The molecule has 0 saturated carbocycles. The minimum absolute atomic E-state index is 0.0106. The van der Waals surface area contributed by atoms with E-state index in [9.17, 15) is 37.9 Å². The molecule has 4 aliphatic rings. The molecule has 4 rings (SSSR count). The van der Waals surface area contributed by atoms with Gasteiger partial charge in [0.05, 0.1) is 24.5 Å². The van der Waals surface area contributed by atoms with E-state index in [1.807, 2.05) is 0 Å². The Balaban J connectivity index is 1.38. The Bertz CT molecular complexity index is 1060. The lowest BCUT2D eigenvalue weighted by Gasteiger charge is -2.47. The fraction of sp³-hybridized carbons (Fsp3) is 0.696. The van der Waals surface area contributed by atoms with Gasteiger partial charge in [-0.25, -0.2) is 4.79 Å². The largest absolute Gasteiger partial charge is 0.477 e. The molecular weight excluding hydrogens is 526 g/mol. The Morgan fingerprint density at radius 3 is 2.63 bits per heavy atom. The highest BCUT2D eigenvalue weighted by atomic mass is 32.2. The van der Waals surface area contributed by atoms with Crippen LogP contribution in [0.5, 0.6) is 0 Å². The summed E-state index contributed by atoms with van der Waals surface area (Å²) in [6.45, 7) is 4.77. The first kappa shape index (κ1) is 28.2. The van der Waals surface area contributed by atoms with Crippen LogP contribution >= 0.6 is 11.8 Å². The molecule has 1 unspecified atom stereocenters. The number of amides is 4. The van der Waals surface area contributed by atoms with E-state index < -0.39 is 54.2 Å². The van der Waals surface area contributed by atoms with Gasteiger partial charge < -0.3 is 36.6 Å². The van der Waals surface area contributed by atoms with Crippen molar-refractivity contribution in [2.75, 3.05) is 26.2 Å². The number of thioether (sulfide) groups is 1. The number of carboxylic acid groups (broad SMARTS) is 1. The Morgan fingerprint density at radius 1 is 1.29 bits per heavy atom. The number of carbonyl (C=O) groups is 5. The van der Waals surface area contributed by atoms with Crippen LogP contribution < -0.4 is 21.7 Å². The number of rotatable bonds is 10. The number of hydrogen-bond acceptors (Lipinski definition) is 8. The number of hydrogen-bond donors (Lipinski definition) is 5. The third-order valence-electron chi connectivity index (χ3n) is 7.65. The van der Waals surface area contributed by atoms with Crippen LogP contribution in [0.1, 0.15) is 26.7 Å². The van der Waals surface area contributed by atoms with Crippen molar-refractivity contribution in [3.8, 4) is 0 Å². The molecule has 0 spiro atoms. The summed E-state index contributed by atoms with van der Waals surface area (Å²) in [4.78, 5) is 63.9. The Hall–Kier alpha value is -2.78. The van der Waals surface area contributed by atoms with Gasteiger partial charge in [-0.05, 0) is 19.8 Å². The Labute approximate surface area is 222 Å². The van der Waals surface area contributed by atoms with E-state index in [0.29, 0.717) is 37.4 Å². The lowest BCUT2D eigenvalue weighted by Crippen LogP contribution is -2.66. The fourth-order valence-electron chi connectivity index (χ4n) is 5.83. The van der Waals surface area contributed by atoms with Crippen LogP contribution in [-0.4, -0.2) is 107 Å². The zero-order chi connectivity index (χ0) is 27.9. The average Bonchev–Trinajstić information content (AvgIpc) is 3.56. The maximum atomic E-state index is 13.0. The summed E-state index contributed by atoms with van der Waals surface area (Å²) in [5.74, 6) is -4.99. The maximum Gasteiger partial charge on any atom is 0.353 e. The molecule has 3 saturated heterocycles. The van der Waals surface area contributed by atoms with Crippen molar-refractivity contribution in [3.63, 3.8) is 0 Å². The molecule has 12 nitrogen and oxygen atoms in total. The lowest BCUT2D eigenvalue weighted by atomic mass is 9.78. The third-order valence-corrected chi connectivity index (χ3v) is 9.16. The second kappa shape index (κ2) is 11.1. The molecule has 4 heterocycles. The molecule has 0 aromatic carbocycles. The molecular formula is C23H32F2N6O6S. The smallest absolute Gasteiger partial charge is 0.353 e.